The van der Waals surface area contributed by atoms with Gasteiger partial charge in [-0.15, -0.1) is 0 Å². The molecule has 0 aliphatic heterocycles. The fraction of sp³-hybridized carbons (Fsp3) is 0.533. The van der Waals surface area contributed by atoms with Gasteiger partial charge in [0, 0.05) is 13.5 Å². The summed E-state index contributed by atoms with van der Waals surface area (Å²) >= 11 is 0. The highest BCUT2D eigenvalue weighted by atomic mass is 16.5. The maximum Gasteiger partial charge on any atom is 0.216 e. The molecule has 18 heavy (non-hydrogen) atoms. The van der Waals surface area contributed by atoms with Crippen LogP contribution in [0.3, 0.4) is 0 Å². The van der Waals surface area contributed by atoms with E-state index in [4.69, 9.17) is 4.74 Å². The number of fused-ring (bicyclic) bond motifs is 1. The van der Waals surface area contributed by atoms with E-state index in [1.165, 1.54) is 17.5 Å². The Balaban J connectivity index is 2.12. The minimum Gasteiger partial charge on any atom is -0.497 e. The molecule has 0 radical (unpaired) electrons. The second-order valence-corrected chi connectivity index (χ2v) is 5.12. The highest BCUT2D eigenvalue weighted by Gasteiger charge is 2.27. The van der Waals surface area contributed by atoms with Crippen LogP contribution >= 0.6 is 0 Å². The van der Waals surface area contributed by atoms with Crippen LogP contribution in [0.2, 0.25) is 0 Å². The monoisotopic (exact) mass is 247 g/mol. The van der Waals surface area contributed by atoms with Gasteiger partial charge in [-0.05, 0) is 47.9 Å². The largest absolute Gasteiger partial charge is 0.497 e. The molecule has 1 N–H and O–H groups in total. The first-order valence-corrected chi connectivity index (χ1v) is 6.53. The van der Waals surface area contributed by atoms with Crippen molar-refractivity contribution >= 4 is 5.91 Å². The van der Waals surface area contributed by atoms with Gasteiger partial charge in [-0.25, -0.2) is 0 Å². The fourth-order valence-electron chi connectivity index (χ4n) is 2.78. The number of hydrogen-bond acceptors (Lipinski definition) is 2. The molecule has 0 bridgehead atoms. The van der Waals surface area contributed by atoms with E-state index in [2.05, 4.69) is 24.4 Å². The van der Waals surface area contributed by atoms with Crippen LogP contribution in [0.1, 0.15) is 37.3 Å². The van der Waals surface area contributed by atoms with Crippen molar-refractivity contribution in [3.8, 4) is 5.75 Å². The van der Waals surface area contributed by atoms with Crippen LogP contribution in [0.4, 0.5) is 0 Å². The normalized spacial score (nSPS) is 19.2. The zero-order chi connectivity index (χ0) is 13.1. The molecule has 1 aromatic rings. The summed E-state index contributed by atoms with van der Waals surface area (Å²) in [5.74, 6) is 1.96. The average Bonchev–Trinajstić information content (AvgIpc) is 2.78. The van der Waals surface area contributed by atoms with Crippen molar-refractivity contribution in [1.82, 2.24) is 5.32 Å². The number of ether oxygens (including phenoxy) is 1. The van der Waals surface area contributed by atoms with E-state index in [0.717, 1.165) is 18.7 Å². The van der Waals surface area contributed by atoms with Crippen molar-refractivity contribution in [1.29, 1.82) is 0 Å². The highest BCUT2D eigenvalue weighted by Crippen LogP contribution is 2.39. The Labute approximate surface area is 109 Å². The minimum absolute atomic E-state index is 0.0470. The standard InChI is InChI=1S/C15H21NO2/c1-10(9-16-11(2)17)14-7-5-12-4-6-13(18-3)8-15(12)14/h4,6,8,10,14H,5,7,9H2,1-3H3,(H,16,17). The van der Waals surface area contributed by atoms with Crippen LogP contribution in [0.15, 0.2) is 18.2 Å². The SMILES string of the molecule is COc1ccc2c(c1)C(C(C)CNC(C)=O)CC2. The summed E-state index contributed by atoms with van der Waals surface area (Å²) in [6, 6.07) is 6.34. The Morgan fingerprint density at radius 2 is 2.33 bits per heavy atom. The Bertz CT molecular complexity index is 442. The van der Waals surface area contributed by atoms with Crippen LogP contribution in [0.25, 0.3) is 0 Å². The van der Waals surface area contributed by atoms with Gasteiger partial charge in [-0.2, -0.15) is 0 Å². The number of rotatable bonds is 4. The molecule has 1 aliphatic carbocycles. The Kier molecular flexibility index (Phi) is 3.90. The molecule has 2 atom stereocenters. The van der Waals surface area contributed by atoms with Crippen LogP contribution < -0.4 is 10.1 Å². The smallest absolute Gasteiger partial charge is 0.216 e. The molecule has 0 saturated heterocycles. The molecule has 1 aliphatic rings. The number of hydrogen-bond donors (Lipinski definition) is 1. The predicted molar refractivity (Wildman–Crippen MR) is 71.9 cm³/mol. The first kappa shape index (κ1) is 12.9. The number of nitrogens with one attached hydrogen (secondary N) is 1. The molecule has 0 saturated carbocycles. The summed E-state index contributed by atoms with van der Waals surface area (Å²) in [6.45, 7) is 4.52. The Morgan fingerprint density at radius 1 is 1.56 bits per heavy atom. The number of carbonyl (C=O) groups excluding carboxylic acids is 1. The van der Waals surface area contributed by atoms with Gasteiger partial charge in [0.15, 0.2) is 0 Å². The molecule has 0 heterocycles. The highest BCUT2D eigenvalue weighted by molar-refractivity contribution is 5.72. The molecular formula is C15H21NO2. The predicted octanol–water partition coefficient (Wildman–Crippen LogP) is 2.50. The van der Waals surface area contributed by atoms with E-state index in [1.807, 2.05) is 6.07 Å². The summed E-state index contributed by atoms with van der Waals surface area (Å²) in [7, 11) is 1.70. The number of benzene rings is 1. The molecule has 1 aromatic carbocycles. The summed E-state index contributed by atoms with van der Waals surface area (Å²) < 4.78 is 5.30. The second kappa shape index (κ2) is 5.42. The van der Waals surface area contributed by atoms with E-state index in [1.54, 1.807) is 14.0 Å². The van der Waals surface area contributed by atoms with Crippen molar-refractivity contribution in [2.45, 2.75) is 32.6 Å². The maximum atomic E-state index is 11.0. The molecule has 0 spiro atoms. The molecule has 98 valence electrons. The van der Waals surface area contributed by atoms with Gasteiger partial charge in [-0.3, -0.25) is 4.79 Å². The van der Waals surface area contributed by atoms with E-state index >= 15 is 0 Å². The minimum atomic E-state index is 0.0470. The van der Waals surface area contributed by atoms with Crippen LogP contribution in [0.5, 0.6) is 5.75 Å². The quantitative estimate of drug-likeness (QED) is 0.887. The van der Waals surface area contributed by atoms with Crippen LogP contribution in [-0.2, 0) is 11.2 Å². The molecule has 2 unspecified atom stereocenters. The third-order valence-electron chi connectivity index (χ3n) is 3.84. The number of methoxy groups -OCH3 is 1. The molecule has 3 nitrogen and oxygen atoms in total. The lowest BCUT2D eigenvalue weighted by Gasteiger charge is -2.20. The number of aryl methyl sites for hydroxylation is 1. The van der Waals surface area contributed by atoms with Crippen molar-refractivity contribution < 1.29 is 9.53 Å². The van der Waals surface area contributed by atoms with E-state index in [-0.39, 0.29) is 5.91 Å². The lowest BCUT2D eigenvalue weighted by Crippen LogP contribution is -2.28. The molecule has 3 heteroatoms. The van der Waals surface area contributed by atoms with E-state index in [9.17, 15) is 4.79 Å². The van der Waals surface area contributed by atoms with Crippen LogP contribution in [0, 0.1) is 5.92 Å². The zero-order valence-electron chi connectivity index (χ0n) is 11.3. The first-order valence-electron chi connectivity index (χ1n) is 6.53. The van der Waals surface area contributed by atoms with E-state index in [0.29, 0.717) is 11.8 Å². The number of amides is 1. The fourth-order valence-corrected chi connectivity index (χ4v) is 2.78. The summed E-state index contributed by atoms with van der Waals surface area (Å²) in [5.41, 5.74) is 2.82. The molecule has 0 aromatic heterocycles. The van der Waals surface area contributed by atoms with E-state index < -0.39 is 0 Å². The third-order valence-corrected chi connectivity index (χ3v) is 3.84. The lowest BCUT2D eigenvalue weighted by molar-refractivity contribution is -0.119. The van der Waals surface area contributed by atoms with Gasteiger partial charge >= 0.3 is 0 Å². The third kappa shape index (κ3) is 2.66. The second-order valence-electron chi connectivity index (χ2n) is 5.12. The van der Waals surface area contributed by atoms with Gasteiger partial charge < -0.3 is 10.1 Å². The summed E-state index contributed by atoms with van der Waals surface area (Å²) in [6.07, 6.45) is 2.30. The van der Waals surface area contributed by atoms with Gasteiger partial charge in [0.25, 0.3) is 0 Å². The van der Waals surface area contributed by atoms with Gasteiger partial charge in [0.05, 0.1) is 7.11 Å². The zero-order valence-corrected chi connectivity index (χ0v) is 11.3. The van der Waals surface area contributed by atoms with Crippen LogP contribution in [-0.4, -0.2) is 19.6 Å². The van der Waals surface area contributed by atoms with Crippen molar-refractivity contribution in [2.75, 3.05) is 13.7 Å². The Morgan fingerprint density at radius 3 is 3.00 bits per heavy atom. The van der Waals surface area contributed by atoms with Gasteiger partial charge in [-0.1, -0.05) is 13.0 Å². The Hall–Kier alpha value is -1.51. The molecule has 2 rings (SSSR count). The van der Waals surface area contributed by atoms with Gasteiger partial charge in [0.2, 0.25) is 5.91 Å². The van der Waals surface area contributed by atoms with Crippen molar-refractivity contribution in [2.24, 2.45) is 5.92 Å². The first-order chi connectivity index (χ1) is 8.61. The molecular weight excluding hydrogens is 226 g/mol. The van der Waals surface area contributed by atoms with Crippen molar-refractivity contribution in [3.63, 3.8) is 0 Å². The molecule has 1 amide bonds. The lowest BCUT2D eigenvalue weighted by atomic mass is 9.88. The van der Waals surface area contributed by atoms with Gasteiger partial charge in [0.1, 0.15) is 5.75 Å². The summed E-state index contributed by atoms with van der Waals surface area (Å²) in [4.78, 5) is 11.0. The topological polar surface area (TPSA) is 38.3 Å². The summed E-state index contributed by atoms with van der Waals surface area (Å²) in [5, 5.41) is 2.91. The van der Waals surface area contributed by atoms with Crippen molar-refractivity contribution in [3.05, 3.63) is 29.3 Å². The maximum absolute atomic E-state index is 11.0. The number of carbonyl (C=O) groups is 1. The average molecular weight is 247 g/mol. The molecule has 0 fully saturated rings.